The SMILES string of the molecule is CCCn1ncnc1C(C)NC(=O)c1cnc(C(C)=O)s1. The molecule has 0 spiro atoms. The van der Waals surface area contributed by atoms with E-state index in [1.165, 1.54) is 19.4 Å². The molecule has 1 N–H and O–H groups in total. The summed E-state index contributed by atoms with van der Waals surface area (Å²) in [6.07, 6.45) is 3.84. The van der Waals surface area contributed by atoms with Gasteiger partial charge in [0.15, 0.2) is 10.8 Å². The largest absolute Gasteiger partial charge is 0.342 e. The molecule has 2 aromatic heterocycles. The van der Waals surface area contributed by atoms with Gasteiger partial charge in [-0.1, -0.05) is 6.92 Å². The molecule has 0 saturated heterocycles. The number of amides is 1. The van der Waals surface area contributed by atoms with Gasteiger partial charge in [-0.15, -0.1) is 11.3 Å². The predicted molar refractivity (Wildman–Crippen MR) is 78.3 cm³/mol. The van der Waals surface area contributed by atoms with Crippen LogP contribution in [0.5, 0.6) is 0 Å². The second-order valence-corrected chi connectivity index (χ2v) is 5.65. The second-order valence-electron chi connectivity index (χ2n) is 4.62. The average molecular weight is 307 g/mol. The van der Waals surface area contributed by atoms with Crippen LogP contribution in [-0.2, 0) is 6.54 Å². The molecule has 0 bridgehead atoms. The summed E-state index contributed by atoms with van der Waals surface area (Å²) in [4.78, 5) is 31.9. The first-order valence-corrected chi connectivity index (χ1v) is 7.50. The third-order valence-electron chi connectivity index (χ3n) is 2.85. The maximum Gasteiger partial charge on any atom is 0.263 e. The highest BCUT2D eigenvalue weighted by Crippen LogP contribution is 2.16. The van der Waals surface area contributed by atoms with Crippen LogP contribution in [0.15, 0.2) is 12.5 Å². The molecule has 0 saturated carbocycles. The quantitative estimate of drug-likeness (QED) is 0.822. The second kappa shape index (κ2) is 6.57. The smallest absolute Gasteiger partial charge is 0.263 e. The van der Waals surface area contributed by atoms with Crippen LogP contribution in [0.1, 0.15) is 58.5 Å². The molecule has 1 unspecified atom stereocenters. The molecule has 8 heteroatoms. The van der Waals surface area contributed by atoms with Gasteiger partial charge in [0, 0.05) is 13.5 Å². The van der Waals surface area contributed by atoms with Crippen molar-refractivity contribution in [2.75, 3.05) is 0 Å². The van der Waals surface area contributed by atoms with Gasteiger partial charge in [0.05, 0.1) is 12.2 Å². The summed E-state index contributed by atoms with van der Waals surface area (Å²) < 4.78 is 1.78. The van der Waals surface area contributed by atoms with Crippen molar-refractivity contribution in [3.8, 4) is 0 Å². The summed E-state index contributed by atoms with van der Waals surface area (Å²) >= 11 is 1.09. The van der Waals surface area contributed by atoms with E-state index < -0.39 is 0 Å². The number of aromatic nitrogens is 4. The molecule has 0 aromatic carbocycles. The zero-order valence-electron chi connectivity index (χ0n) is 12.2. The van der Waals surface area contributed by atoms with E-state index in [-0.39, 0.29) is 17.7 Å². The Hall–Kier alpha value is -2.09. The fraction of sp³-hybridized carbons (Fsp3) is 0.462. The molecule has 7 nitrogen and oxygen atoms in total. The van der Waals surface area contributed by atoms with E-state index in [0.29, 0.717) is 15.7 Å². The number of hydrogen-bond acceptors (Lipinski definition) is 6. The van der Waals surface area contributed by atoms with Gasteiger partial charge in [-0.25, -0.2) is 14.6 Å². The van der Waals surface area contributed by atoms with Crippen molar-refractivity contribution in [1.29, 1.82) is 0 Å². The Morgan fingerprint density at radius 1 is 1.43 bits per heavy atom. The molecular weight excluding hydrogens is 290 g/mol. The van der Waals surface area contributed by atoms with Gasteiger partial charge in [-0.3, -0.25) is 9.59 Å². The van der Waals surface area contributed by atoms with E-state index in [4.69, 9.17) is 0 Å². The highest BCUT2D eigenvalue weighted by Gasteiger charge is 2.18. The van der Waals surface area contributed by atoms with Crippen LogP contribution in [0, 0.1) is 0 Å². The third-order valence-corrected chi connectivity index (χ3v) is 3.94. The van der Waals surface area contributed by atoms with Gasteiger partial charge in [0.2, 0.25) is 0 Å². The fourth-order valence-corrected chi connectivity index (χ4v) is 2.58. The third kappa shape index (κ3) is 3.52. The van der Waals surface area contributed by atoms with Gasteiger partial charge in [0.1, 0.15) is 17.0 Å². The van der Waals surface area contributed by atoms with Crippen molar-refractivity contribution >= 4 is 23.0 Å². The minimum absolute atomic E-state index is 0.144. The number of Topliss-reactive ketones (excluding diaryl/α,β-unsaturated/α-hetero) is 1. The highest BCUT2D eigenvalue weighted by molar-refractivity contribution is 7.15. The molecule has 0 radical (unpaired) electrons. The zero-order valence-corrected chi connectivity index (χ0v) is 13.0. The molecule has 2 rings (SSSR count). The first-order valence-electron chi connectivity index (χ1n) is 6.68. The number of thiazole rings is 1. The Bertz CT molecular complexity index is 649. The van der Waals surface area contributed by atoms with Crippen LogP contribution in [0.4, 0.5) is 0 Å². The van der Waals surface area contributed by atoms with Gasteiger partial charge < -0.3 is 5.32 Å². The summed E-state index contributed by atoms with van der Waals surface area (Å²) in [5.41, 5.74) is 0. The summed E-state index contributed by atoms with van der Waals surface area (Å²) in [7, 11) is 0. The van der Waals surface area contributed by atoms with Crippen LogP contribution >= 0.6 is 11.3 Å². The first kappa shape index (κ1) is 15.3. The number of carbonyl (C=O) groups excluding carboxylic acids is 2. The molecule has 21 heavy (non-hydrogen) atoms. The number of nitrogens with one attached hydrogen (secondary N) is 1. The van der Waals surface area contributed by atoms with Crippen LogP contribution in [0.3, 0.4) is 0 Å². The summed E-state index contributed by atoms with van der Waals surface area (Å²) in [5, 5.41) is 7.32. The predicted octanol–water partition coefficient (Wildman–Crippen LogP) is 1.84. The van der Waals surface area contributed by atoms with Gasteiger partial charge in [-0.05, 0) is 13.3 Å². The lowest BCUT2D eigenvalue weighted by Gasteiger charge is -2.13. The minimum Gasteiger partial charge on any atom is -0.342 e. The van der Waals surface area contributed by atoms with Crippen molar-refractivity contribution in [2.24, 2.45) is 0 Å². The van der Waals surface area contributed by atoms with Gasteiger partial charge >= 0.3 is 0 Å². The molecule has 0 aliphatic heterocycles. The minimum atomic E-state index is -0.269. The van der Waals surface area contributed by atoms with E-state index >= 15 is 0 Å². The normalized spacial score (nSPS) is 12.1. The van der Waals surface area contributed by atoms with E-state index in [1.807, 2.05) is 6.92 Å². The molecular formula is C13H17N5O2S. The first-order chi connectivity index (χ1) is 10.0. The van der Waals surface area contributed by atoms with E-state index in [0.717, 1.165) is 24.3 Å². The van der Waals surface area contributed by atoms with Crippen molar-refractivity contribution in [3.05, 3.63) is 28.2 Å². The van der Waals surface area contributed by atoms with E-state index in [1.54, 1.807) is 4.68 Å². The summed E-state index contributed by atoms with van der Waals surface area (Å²) in [6, 6.07) is -0.269. The maximum absolute atomic E-state index is 12.1. The number of carbonyl (C=O) groups is 2. The highest BCUT2D eigenvalue weighted by atomic mass is 32.1. The Kier molecular flexibility index (Phi) is 4.79. The fourth-order valence-electron chi connectivity index (χ4n) is 1.87. The van der Waals surface area contributed by atoms with Crippen molar-refractivity contribution < 1.29 is 9.59 Å². The summed E-state index contributed by atoms with van der Waals surface area (Å²) in [6.45, 7) is 6.08. The van der Waals surface area contributed by atoms with Crippen LogP contribution in [-0.4, -0.2) is 31.4 Å². The number of ketones is 1. The van der Waals surface area contributed by atoms with Crippen LogP contribution in [0.25, 0.3) is 0 Å². The van der Waals surface area contributed by atoms with Crippen molar-refractivity contribution in [3.63, 3.8) is 0 Å². The molecule has 2 heterocycles. The molecule has 112 valence electrons. The molecule has 1 amide bonds. The van der Waals surface area contributed by atoms with Crippen LogP contribution < -0.4 is 5.32 Å². The van der Waals surface area contributed by atoms with Gasteiger partial charge in [-0.2, -0.15) is 5.10 Å². The van der Waals surface area contributed by atoms with E-state index in [9.17, 15) is 9.59 Å². The Morgan fingerprint density at radius 3 is 2.81 bits per heavy atom. The van der Waals surface area contributed by atoms with Crippen LogP contribution in [0.2, 0.25) is 0 Å². The molecule has 2 aromatic rings. The Labute approximate surface area is 126 Å². The average Bonchev–Trinajstić information content (AvgIpc) is 3.07. The topological polar surface area (TPSA) is 89.8 Å². The Balaban J connectivity index is 2.07. The summed E-state index contributed by atoms with van der Waals surface area (Å²) in [5.74, 6) is 0.301. The molecule has 1 atom stereocenters. The Morgan fingerprint density at radius 2 is 2.19 bits per heavy atom. The zero-order chi connectivity index (χ0) is 15.4. The number of rotatable bonds is 6. The maximum atomic E-state index is 12.1. The lowest BCUT2D eigenvalue weighted by Crippen LogP contribution is -2.28. The van der Waals surface area contributed by atoms with Crippen molar-refractivity contribution in [2.45, 2.75) is 39.8 Å². The number of nitrogens with zero attached hydrogens (tertiary/aromatic N) is 4. The van der Waals surface area contributed by atoms with E-state index in [2.05, 4.69) is 27.3 Å². The number of aryl methyl sites for hydroxylation is 1. The lowest BCUT2D eigenvalue weighted by atomic mass is 10.3. The molecule has 0 aliphatic carbocycles. The molecule has 0 fully saturated rings. The van der Waals surface area contributed by atoms with Gasteiger partial charge in [0.25, 0.3) is 5.91 Å². The molecule has 0 aliphatic rings. The number of hydrogen-bond donors (Lipinski definition) is 1. The van der Waals surface area contributed by atoms with Crippen molar-refractivity contribution in [1.82, 2.24) is 25.1 Å². The monoisotopic (exact) mass is 307 g/mol. The standard InChI is InChI=1S/C13H17N5O2S/c1-4-5-18-11(15-7-16-18)8(2)17-12(20)10-6-14-13(21-10)9(3)19/h6-8H,4-5H2,1-3H3,(H,17,20). The lowest BCUT2D eigenvalue weighted by molar-refractivity contribution is 0.0940.